The van der Waals surface area contributed by atoms with E-state index in [1.165, 1.54) is 9.58 Å². The van der Waals surface area contributed by atoms with Gasteiger partial charge in [-0.05, 0) is 55.0 Å². The summed E-state index contributed by atoms with van der Waals surface area (Å²) in [6, 6.07) is 8.84. The number of furan rings is 1. The topological polar surface area (TPSA) is 97.9 Å². The summed E-state index contributed by atoms with van der Waals surface area (Å²) >= 11 is 5.24. The van der Waals surface area contributed by atoms with Crippen LogP contribution in [-0.4, -0.2) is 59.2 Å². The number of rotatable bonds is 8. The molecule has 0 aliphatic heterocycles. The number of likely N-dealkylation sites (N-methyl/N-ethyl adjacent to an activating group) is 1. The zero-order chi connectivity index (χ0) is 20.8. The van der Waals surface area contributed by atoms with Crippen molar-refractivity contribution in [3.63, 3.8) is 0 Å². The van der Waals surface area contributed by atoms with Crippen LogP contribution in [0.3, 0.4) is 0 Å². The van der Waals surface area contributed by atoms with Crippen LogP contribution in [0.1, 0.15) is 12.5 Å². The first-order valence-electron chi connectivity index (χ1n) is 8.85. The summed E-state index contributed by atoms with van der Waals surface area (Å²) in [4.78, 5) is 13.2. The molecule has 0 saturated heterocycles. The van der Waals surface area contributed by atoms with E-state index in [-0.39, 0.29) is 12.5 Å². The van der Waals surface area contributed by atoms with Crippen molar-refractivity contribution in [1.29, 1.82) is 0 Å². The molecule has 0 fully saturated rings. The van der Waals surface area contributed by atoms with Gasteiger partial charge >= 0.3 is 0 Å². The summed E-state index contributed by atoms with van der Waals surface area (Å²) in [5.41, 5.74) is 0.758. The fraction of sp³-hybridized carbons (Fsp3) is 0.263. The second-order valence-electron chi connectivity index (χ2n) is 6.10. The van der Waals surface area contributed by atoms with Crippen molar-refractivity contribution >= 4 is 24.3 Å². The van der Waals surface area contributed by atoms with Gasteiger partial charge in [-0.2, -0.15) is 9.78 Å². The highest BCUT2D eigenvalue weighted by Crippen LogP contribution is 2.28. The monoisotopic (exact) mass is 415 g/mol. The van der Waals surface area contributed by atoms with Gasteiger partial charge in [0.25, 0.3) is 5.91 Å². The zero-order valence-corrected chi connectivity index (χ0v) is 17.1. The molecule has 1 N–H and O–H groups in total. The number of nitrogens with zero attached hydrogens (tertiary/aromatic N) is 4. The molecule has 0 aliphatic carbocycles. The molecule has 152 valence electrons. The van der Waals surface area contributed by atoms with Crippen LogP contribution >= 0.6 is 12.2 Å². The lowest BCUT2D eigenvalue weighted by atomic mass is 10.2. The summed E-state index contributed by atoms with van der Waals surface area (Å²) in [7, 11) is 3.35. The minimum absolute atomic E-state index is 0.0722. The number of carbonyl (C=O) groups is 1. The number of nitrogens with one attached hydrogen (secondary N) is 1. The Kier molecular flexibility index (Phi) is 6.45. The molecule has 1 amide bonds. The fourth-order valence-electron chi connectivity index (χ4n) is 2.35. The molecule has 10 heteroatoms. The van der Waals surface area contributed by atoms with E-state index in [0.717, 1.165) is 5.56 Å². The minimum Gasteiger partial charge on any atom is -0.490 e. The molecule has 2 aromatic heterocycles. The van der Waals surface area contributed by atoms with Gasteiger partial charge in [0.05, 0.1) is 19.1 Å². The molecule has 0 saturated carbocycles. The van der Waals surface area contributed by atoms with Crippen molar-refractivity contribution in [3.05, 3.63) is 46.9 Å². The van der Waals surface area contributed by atoms with E-state index in [1.54, 1.807) is 56.9 Å². The van der Waals surface area contributed by atoms with Gasteiger partial charge in [0.2, 0.25) is 10.6 Å². The lowest BCUT2D eigenvalue weighted by molar-refractivity contribution is -0.130. The minimum atomic E-state index is -0.141. The third-order valence-electron chi connectivity index (χ3n) is 3.83. The van der Waals surface area contributed by atoms with Gasteiger partial charge in [-0.1, -0.05) is 0 Å². The summed E-state index contributed by atoms with van der Waals surface area (Å²) in [6.45, 7) is 2.25. The van der Waals surface area contributed by atoms with Gasteiger partial charge in [0, 0.05) is 14.1 Å². The Bertz CT molecular complexity index is 1050. The van der Waals surface area contributed by atoms with Crippen molar-refractivity contribution in [2.24, 2.45) is 5.10 Å². The molecule has 0 spiro atoms. The van der Waals surface area contributed by atoms with Crippen LogP contribution in [0.25, 0.3) is 11.6 Å². The van der Waals surface area contributed by atoms with Gasteiger partial charge in [-0.15, -0.1) is 5.10 Å². The fourth-order valence-corrected chi connectivity index (χ4v) is 2.53. The Morgan fingerprint density at radius 1 is 1.34 bits per heavy atom. The van der Waals surface area contributed by atoms with E-state index in [0.29, 0.717) is 34.5 Å². The van der Waals surface area contributed by atoms with Crippen LogP contribution in [0.15, 0.2) is 46.1 Å². The Balaban J connectivity index is 1.83. The number of hydrogen-bond donors (Lipinski definition) is 1. The molecule has 9 nitrogen and oxygen atoms in total. The number of ether oxygens (including phenoxy) is 2. The number of carbonyl (C=O) groups excluding carboxylic acids is 1. The Hall–Kier alpha value is -3.40. The second-order valence-corrected chi connectivity index (χ2v) is 6.49. The predicted molar refractivity (Wildman–Crippen MR) is 110 cm³/mol. The van der Waals surface area contributed by atoms with E-state index in [9.17, 15) is 4.79 Å². The Morgan fingerprint density at radius 2 is 2.17 bits per heavy atom. The van der Waals surface area contributed by atoms with Crippen LogP contribution in [0.4, 0.5) is 0 Å². The van der Waals surface area contributed by atoms with Crippen molar-refractivity contribution in [2.45, 2.75) is 6.92 Å². The Morgan fingerprint density at radius 3 is 2.86 bits per heavy atom. The van der Waals surface area contributed by atoms with E-state index in [4.69, 9.17) is 26.1 Å². The molecule has 0 atom stereocenters. The molecule has 2 heterocycles. The molecule has 0 radical (unpaired) electrons. The average Bonchev–Trinajstić information content (AvgIpc) is 3.35. The molecule has 0 aliphatic rings. The highest BCUT2D eigenvalue weighted by Gasteiger charge is 2.12. The SMILES string of the molecule is CCOc1cc(/C=N\n2c(-c3ccco3)n[nH]c2=S)ccc1OCC(=O)N(C)C. The maximum absolute atomic E-state index is 11.8. The maximum Gasteiger partial charge on any atom is 0.259 e. The Labute approximate surface area is 172 Å². The molecular weight excluding hydrogens is 394 g/mol. The van der Waals surface area contributed by atoms with E-state index in [2.05, 4.69) is 15.3 Å². The van der Waals surface area contributed by atoms with Gasteiger partial charge < -0.3 is 18.8 Å². The van der Waals surface area contributed by atoms with Crippen LogP contribution in [-0.2, 0) is 4.79 Å². The maximum atomic E-state index is 11.8. The van der Waals surface area contributed by atoms with Gasteiger partial charge in [-0.3, -0.25) is 4.79 Å². The first-order valence-corrected chi connectivity index (χ1v) is 9.26. The van der Waals surface area contributed by atoms with Crippen LogP contribution in [0, 0.1) is 4.77 Å². The average molecular weight is 415 g/mol. The molecule has 0 bridgehead atoms. The summed E-state index contributed by atoms with van der Waals surface area (Å²) < 4.78 is 18.4. The van der Waals surface area contributed by atoms with Gasteiger partial charge in [0.15, 0.2) is 23.9 Å². The van der Waals surface area contributed by atoms with Crippen molar-refractivity contribution < 1.29 is 18.7 Å². The summed E-state index contributed by atoms with van der Waals surface area (Å²) in [5.74, 6) is 1.86. The lowest BCUT2D eigenvalue weighted by Crippen LogP contribution is -2.27. The molecule has 0 unspecified atom stereocenters. The first kappa shape index (κ1) is 20.3. The van der Waals surface area contributed by atoms with Crippen molar-refractivity contribution in [2.75, 3.05) is 27.3 Å². The van der Waals surface area contributed by atoms with E-state index < -0.39 is 0 Å². The number of H-pyrrole nitrogens is 1. The number of hydrogen-bond acceptors (Lipinski definition) is 7. The predicted octanol–water partition coefficient (Wildman–Crippen LogP) is 2.95. The molecule has 29 heavy (non-hydrogen) atoms. The van der Waals surface area contributed by atoms with Crippen molar-refractivity contribution in [3.8, 4) is 23.1 Å². The summed E-state index contributed by atoms with van der Waals surface area (Å²) in [5, 5.41) is 11.2. The zero-order valence-electron chi connectivity index (χ0n) is 16.3. The standard InChI is InChI=1S/C19H21N5O4S/c1-4-26-16-10-13(7-8-14(16)28-12-17(25)23(2)3)11-20-24-18(21-22-19(24)29)15-6-5-9-27-15/h5-11H,4,12H2,1-3H3,(H,22,29)/b20-11-. The van der Waals surface area contributed by atoms with E-state index >= 15 is 0 Å². The second kappa shape index (κ2) is 9.20. The third kappa shape index (κ3) is 4.91. The molecular formula is C19H21N5O4S. The normalized spacial score (nSPS) is 11.0. The molecule has 3 aromatic rings. The number of amides is 1. The number of aromatic nitrogens is 3. The van der Waals surface area contributed by atoms with Crippen LogP contribution in [0.2, 0.25) is 0 Å². The first-order chi connectivity index (χ1) is 14.0. The largest absolute Gasteiger partial charge is 0.490 e. The van der Waals surface area contributed by atoms with Gasteiger partial charge in [-0.25, -0.2) is 5.10 Å². The molecule has 1 aromatic carbocycles. The number of aromatic amines is 1. The third-order valence-corrected chi connectivity index (χ3v) is 4.10. The van der Waals surface area contributed by atoms with Crippen LogP contribution < -0.4 is 9.47 Å². The molecule has 3 rings (SSSR count). The van der Waals surface area contributed by atoms with Crippen LogP contribution in [0.5, 0.6) is 11.5 Å². The lowest BCUT2D eigenvalue weighted by Gasteiger charge is -2.14. The van der Waals surface area contributed by atoms with E-state index in [1.807, 2.05) is 6.92 Å². The quantitative estimate of drug-likeness (QED) is 0.449. The summed E-state index contributed by atoms with van der Waals surface area (Å²) in [6.07, 6.45) is 3.17. The highest BCUT2D eigenvalue weighted by atomic mass is 32.1. The van der Waals surface area contributed by atoms with Crippen molar-refractivity contribution in [1.82, 2.24) is 19.8 Å². The number of benzene rings is 1. The smallest absolute Gasteiger partial charge is 0.259 e. The van der Waals surface area contributed by atoms with Gasteiger partial charge in [0.1, 0.15) is 0 Å². The highest BCUT2D eigenvalue weighted by molar-refractivity contribution is 7.71.